The number of para-hydroxylation sites is 1. The summed E-state index contributed by atoms with van der Waals surface area (Å²) in [6, 6.07) is 15.7. The maximum atomic E-state index is 13.5. The summed E-state index contributed by atoms with van der Waals surface area (Å²) >= 11 is 8.98. The van der Waals surface area contributed by atoms with Crippen molar-refractivity contribution in [2.75, 3.05) is 4.90 Å². The van der Waals surface area contributed by atoms with Crippen molar-refractivity contribution in [3.8, 4) is 0 Å². The molecule has 6 rings (SSSR count). The first-order valence-electron chi connectivity index (χ1n) is 9.10. The highest BCUT2D eigenvalue weighted by Crippen LogP contribution is 2.44. The molecule has 146 valence electrons. The van der Waals surface area contributed by atoms with Crippen LogP contribution in [-0.4, -0.2) is 10.9 Å². The van der Waals surface area contributed by atoms with Gasteiger partial charge in [0, 0.05) is 9.90 Å². The zero-order chi connectivity index (χ0) is 20.4. The molecule has 0 bridgehead atoms. The second kappa shape index (κ2) is 6.50. The van der Waals surface area contributed by atoms with Gasteiger partial charge in [0.1, 0.15) is 11.6 Å². The van der Waals surface area contributed by atoms with Crippen LogP contribution in [0.2, 0.25) is 5.02 Å². The van der Waals surface area contributed by atoms with Crippen LogP contribution in [0.15, 0.2) is 69.2 Å². The molecule has 4 heterocycles. The van der Waals surface area contributed by atoms with Gasteiger partial charge < -0.3 is 4.42 Å². The lowest BCUT2D eigenvalue weighted by Gasteiger charge is -2.20. The fourth-order valence-electron chi connectivity index (χ4n) is 3.82. The number of nitrogens with zero attached hydrogens (tertiary/aromatic N) is 2. The highest BCUT2D eigenvalue weighted by molar-refractivity contribution is 7.22. The number of aromatic nitrogens is 1. The van der Waals surface area contributed by atoms with E-state index in [1.165, 1.54) is 22.7 Å². The number of thiophene rings is 1. The maximum absolute atomic E-state index is 13.5. The van der Waals surface area contributed by atoms with Crippen molar-refractivity contribution in [3.05, 3.63) is 91.4 Å². The summed E-state index contributed by atoms with van der Waals surface area (Å²) in [4.78, 5) is 34.0. The molecule has 0 saturated carbocycles. The van der Waals surface area contributed by atoms with Crippen LogP contribution in [0.5, 0.6) is 0 Å². The Bertz CT molecular complexity index is 1520. The van der Waals surface area contributed by atoms with E-state index in [-0.39, 0.29) is 17.1 Å². The van der Waals surface area contributed by atoms with Crippen LogP contribution in [0.3, 0.4) is 0 Å². The summed E-state index contributed by atoms with van der Waals surface area (Å²) in [6.07, 6.45) is 0. The summed E-state index contributed by atoms with van der Waals surface area (Å²) in [5.74, 6) is -0.286. The molecule has 1 aliphatic heterocycles. The van der Waals surface area contributed by atoms with E-state index < -0.39 is 6.04 Å². The van der Waals surface area contributed by atoms with Crippen molar-refractivity contribution in [2.24, 2.45) is 0 Å². The van der Waals surface area contributed by atoms with Gasteiger partial charge in [-0.1, -0.05) is 41.1 Å². The van der Waals surface area contributed by atoms with Gasteiger partial charge in [-0.25, -0.2) is 4.98 Å². The van der Waals surface area contributed by atoms with E-state index in [2.05, 4.69) is 4.98 Å². The predicted octanol–water partition coefficient (Wildman–Crippen LogP) is 5.87. The minimum atomic E-state index is -0.579. The molecule has 5 aromatic rings. The largest absolute Gasteiger partial charge is 0.450 e. The van der Waals surface area contributed by atoms with Crippen molar-refractivity contribution in [3.63, 3.8) is 0 Å². The van der Waals surface area contributed by atoms with E-state index in [9.17, 15) is 9.59 Å². The van der Waals surface area contributed by atoms with Gasteiger partial charge in [0.05, 0.1) is 21.2 Å². The number of rotatable bonds is 2. The van der Waals surface area contributed by atoms with Crippen LogP contribution in [0.25, 0.3) is 21.2 Å². The molecule has 5 nitrogen and oxygen atoms in total. The first-order chi connectivity index (χ1) is 14.6. The number of benzene rings is 2. The van der Waals surface area contributed by atoms with E-state index >= 15 is 0 Å². The monoisotopic (exact) mass is 450 g/mol. The number of hydrogen-bond donors (Lipinski definition) is 0. The molecule has 0 N–H and O–H groups in total. The Morgan fingerprint density at radius 2 is 1.93 bits per heavy atom. The SMILES string of the molecule is O=C1c2oc3ccccc3c(=O)c2C(c2cccs2)N1c1nc2ccc(Cl)cc2s1. The Labute approximate surface area is 182 Å². The first-order valence-corrected chi connectivity index (χ1v) is 11.2. The second-order valence-corrected chi connectivity index (χ2v) is 9.30. The molecule has 1 amide bonds. The Hall–Kier alpha value is -3.00. The van der Waals surface area contributed by atoms with Crippen LogP contribution in [0.1, 0.15) is 27.0 Å². The molecule has 8 heteroatoms. The van der Waals surface area contributed by atoms with Gasteiger partial charge in [0.2, 0.25) is 5.76 Å². The smallest absolute Gasteiger partial charge is 0.297 e. The molecule has 30 heavy (non-hydrogen) atoms. The summed E-state index contributed by atoms with van der Waals surface area (Å²) in [7, 11) is 0. The van der Waals surface area contributed by atoms with E-state index in [0.29, 0.717) is 26.7 Å². The molecule has 1 unspecified atom stereocenters. The molecule has 0 spiro atoms. The van der Waals surface area contributed by atoms with Crippen LogP contribution >= 0.6 is 34.3 Å². The highest BCUT2D eigenvalue weighted by Gasteiger charge is 2.45. The first kappa shape index (κ1) is 17.8. The molecule has 3 aromatic heterocycles. The Morgan fingerprint density at radius 3 is 2.77 bits per heavy atom. The third-order valence-electron chi connectivity index (χ3n) is 5.14. The fourth-order valence-corrected chi connectivity index (χ4v) is 5.91. The van der Waals surface area contributed by atoms with E-state index in [1.807, 2.05) is 29.6 Å². The number of halogens is 1. The Kier molecular flexibility index (Phi) is 3.86. The maximum Gasteiger partial charge on any atom is 0.297 e. The van der Waals surface area contributed by atoms with Gasteiger partial charge in [-0.05, 0) is 41.8 Å². The quantitative estimate of drug-likeness (QED) is 0.337. The van der Waals surface area contributed by atoms with Crippen molar-refractivity contribution in [1.29, 1.82) is 0 Å². The van der Waals surface area contributed by atoms with E-state index in [4.69, 9.17) is 16.0 Å². The fraction of sp³-hybridized carbons (Fsp3) is 0.0455. The molecule has 2 aromatic carbocycles. The number of thiazole rings is 1. The number of fused-ring (bicyclic) bond motifs is 3. The minimum absolute atomic E-state index is 0.0781. The molecular weight excluding hydrogens is 440 g/mol. The summed E-state index contributed by atoms with van der Waals surface area (Å²) < 4.78 is 6.81. The van der Waals surface area contributed by atoms with Gasteiger partial charge in [0.15, 0.2) is 10.6 Å². The van der Waals surface area contributed by atoms with Crippen LogP contribution in [0.4, 0.5) is 5.13 Å². The van der Waals surface area contributed by atoms with Crippen molar-refractivity contribution in [1.82, 2.24) is 4.98 Å². The molecule has 0 aliphatic carbocycles. The molecule has 0 fully saturated rings. The topological polar surface area (TPSA) is 63.4 Å². The summed E-state index contributed by atoms with van der Waals surface area (Å²) in [5, 5.41) is 3.50. The average molecular weight is 451 g/mol. The number of amides is 1. The molecular formula is C22H11ClN2O3S2. The summed E-state index contributed by atoms with van der Waals surface area (Å²) in [5.41, 5.74) is 1.32. The molecule has 1 aliphatic rings. The van der Waals surface area contributed by atoms with Crippen molar-refractivity contribution < 1.29 is 9.21 Å². The lowest BCUT2D eigenvalue weighted by molar-refractivity contribution is 0.0971. The number of anilines is 1. The lowest BCUT2D eigenvalue weighted by atomic mass is 10.0. The van der Waals surface area contributed by atoms with E-state index in [0.717, 1.165) is 15.1 Å². The zero-order valence-electron chi connectivity index (χ0n) is 15.2. The van der Waals surface area contributed by atoms with Crippen LogP contribution in [0, 0.1) is 0 Å². The number of carbonyl (C=O) groups is 1. The molecule has 1 atom stereocenters. The predicted molar refractivity (Wildman–Crippen MR) is 120 cm³/mol. The minimum Gasteiger partial charge on any atom is -0.450 e. The summed E-state index contributed by atoms with van der Waals surface area (Å²) in [6.45, 7) is 0. The standard InChI is InChI=1S/C22H11ClN2O3S2/c23-11-7-8-13-16(10-11)30-22(24-13)25-18(15-6-3-9-29-15)17-19(26)12-4-1-2-5-14(12)28-20(17)21(25)27/h1-10,18H. The highest BCUT2D eigenvalue weighted by atomic mass is 35.5. The normalized spacial score (nSPS) is 16.0. The molecule has 0 radical (unpaired) electrons. The van der Waals surface area contributed by atoms with Gasteiger partial charge >= 0.3 is 0 Å². The number of hydrogen-bond acceptors (Lipinski definition) is 6. The second-order valence-electron chi connectivity index (χ2n) is 6.87. The Balaban J connectivity index is 1.64. The number of carbonyl (C=O) groups excluding carboxylic acids is 1. The van der Waals surface area contributed by atoms with E-state index in [1.54, 1.807) is 35.2 Å². The zero-order valence-corrected chi connectivity index (χ0v) is 17.6. The van der Waals surface area contributed by atoms with Crippen molar-refractivity contribution >= 4 is 66.5 Å². The van der Waals surface area contributed by atoms with Gasteiger partial charge in [-0.3, -0.25) is 14.5 Å². The van der Waals surface area contributed by atoms with Gasteiger partial charge in [0.25, 0.3) is 5.91 Å². The average Bonchev–Trinajstić information content (AvgIpc) is 3.46. The van der Waals surface area contributed by atoms with Crippen LogP contribution in [-0.2, 0) is 0 Å². The van der Waals surface area contributed by atoms with Crippen LogP contribution < -0.4 is 10.3 Å². The lowest BCUT2D eigenvalue weighted by Crippen LogP contribution is -2.28. The van der Waals surface area contributed by atoms with Gasteiger partial charge in [-0.15, -0.1) is 11.3 Å². The van der Waals surface area contributed by atoms with Gasteiger partial charge in [-0.2, -0.15) is 0 Å². The third-order valence-corrected chi connectivity index (χ3v) is 7.31. The molecule has 0 saturated heterocycles. The Morgan fingerprint density at radius 1 is 1.07 bits per heavy atom. The third kappa shape index (κ3) is 2.49. The van der Waals surface area contributed by atoms with Crippen molar-refractivity contribution in [2.45, 2.75) is 6.04 Å².